The molecule has 0 saturated carbocycles. The zero-order valence-electron chi connectivity index (χ0n) is 17.4. The Bertz CT molecular complexity index is 1040. The van der Waals surface area contributed by atoms with Crippen molar-refractivity contribution in [3.63, 3.8) is 0 Å². The molecule has 0 aromatic heterocycles. The number of aliphatic hydroxyl groups is 1. The lowest BCUT2D eigenvalue weighted by molar-refractivity contribution is -0.376. The van der Waals surface area contributed by atoms with Crippen molar-refractivity contribution in [3.05, 3.63) is 70.6 Å². The molecule has 1 fully saturated rings. The van der Waals surface area contributed by atoms with Gasteiger partial charge in [-0.15, -0.1) is 0 Å². The molecule has 178 valence electrons. The predicted molar refractivity (Wildman–Crippen MR) is 108 cm³/mol. The Kier molecular flexibility index (Phi) is 5.99. The molecule has 1 aromatic carbocycles. The van der Waals surface area contributed by atoms with Crippen molar-refractivity contribution >= 4 is 12.1 Å². The van der Waals surface area contributed by atoms with Gasteiger partial charge in [0.25, 0.3) is 5.60 Å². The fraction of sp³-hybridized carbons (Fsp3) is 0.364. The van der Waals surface area contributed by atoms with Crippen LogP contribution in [0.25, 0.3) is 0 Å². The quantitative estimate of drug-likeness (QED) is 0.436. The summed E-state index contributed by atoms with van der Waals surface area (Å²) in [5.41, 5.74) is 0.814. The minimum atomic E-state index is -5.97. The van der Waals surface area contributed by atoms with Gasteiger partial charge < -0.3 is 21.1 Å². The van der Waals surface area contributed by atoms with E-state index in [1.807, 2.05) is 6.92 Å². The number of nitrogens with zero attached hydrogens (tertiary/aromatic N) is 1. The van der Waals surface area contributed by atoms with Crippen LogP contribution >= 0.6 is 0 Å². The Balaban J connectivity index is 1.90. The molecule has 1 amide bonds. The summed E-state index contributed by atoms with van der Waals surface area (Å²) in [6.45, 7) is 1.79. The summed E-state index contributed by atoms with van der Waals surface area (Å²) in [6.07, 6.45) is -5.53. The molecule has 1 heterocycles. The summed E-state index contributed by atoms with van der Waals surface area (Å²) in [5.74, 6) is -0.252. The molecule has 2 aliphatic rings. The second kappa shape index (κ2) is 8.05. The number of benzene rings is 1. The average Bonchev–Trinajstić information content (AvgIpc) is 2.96. The second-order valence-electron chi connectivity index (χ2n) is 8.31. The van der Waals surface area contributed by atoms with E-state index in [1.54, 1.807) is 12.2 Å². The van der Waals surface area contributed by atoms with Crippen LogP contribution in [-0.4, -0.2) is 34.5 Å². The molecule has 1 aliphatic heterocycles. The molecule has 1 saturated heterocycles. The molecule has 1 unspecified atom stereocenters. The number of hydrogen-bond acceptors (Lipinski definition) is 4. The number of likely N-dealkylation sites (tertiary alicyclic amines) is 1. The van der Waals surface area contributed by atoms with Crippen molar-refractivity contribution in [1.82, 2.24) is 4.90 Å². The predicted octanol–water partition coefficient (Wildman–Crippen LogP) is 4.44. The van der Waals surface area contributed by atoms with Crippen molar-refractivity contribution in [1.29, 1.82) is 5.41 Å². The van der Waals surface area contributed by atoms with Gasteiger partial charge in [-0.1, -0.05) is 37.3 Å². The van der Waals surface area contributed by atoms with Gasteiger partial charge in [0.15, 0.2) is 0 Å². The molecule has 5 nitrogen and oxygen atoms in total. The standard InChI is InChI=1S/C22H21F6N3O2/c1-19-8-14(15(10-29)11-30)4-7-17(19)31(18(32)9-19)12-13-2-5-16(6-3-13)20(33,21(23,24)25)22(26,27)28/h2-7,10-11,29,33H,8-9,12,30H2,1H3. The highest BCUT2D eigenvalue weighted by molar-refractivity contribution is 5.86. The Hall–Kier alpha value is -3.08. The zero-order valence-corrected chi connectivity index (χ0v) is 17.4. The molecule has 1 aromatic rings. The van der Waals surface area contributed by atoms with Crippen molar-refractivity contribution in [2.75, 3.05) is 0 Å². The van der Waals surface area contributed by atoms with Crippen LogP contribution in [0.1, 0.15) is 30.9 Å². The summed E-state index contributed by atoms with van der Waals surface area (Å²) in [5, 5.41) is 17.0. The van der Waals surface area contributed by atoms with Crippen LogP contribution in [0.3, 0.4) is 0 Å². The SMILES string of the molecule is CC12CC(=O)N(Cc3ccc(C(O)(C(F)(F)F)C(F)(F)F)cc3)C1=CC=C(C(C=N)=CN)C2. The third-order valence-electron chi connectivity index (χ3n) is 6.01. The summed E-state index contributed by atoms with van der Waals surface area (Å²) in [7, 11) is 0. The van der Waals surface area contributed by atoms with Gasteiger partial charge >= 0.3 is 12.4 Å². The highest BCUT2D eigenvalue weighted by Crippen LogP contribution is 2.51. The Labute approximate surface area is 185 Å². The van der Waals surface area contributed by atoms with E-state index >= 15 is 0 Å². The van der Waals surface area contributed by atoms with Crippen LogP contribution in [0, 0.1) is 10.8 Å². The van der Waals surface area contributed by atoms with E-state index in [0.29, 0.717) is 35.4 Å². The summed E-state index contributed by atoms with van der Waals surface area (Å²) < 4.78 is 78.4. The van der Waals surface area contributed by atoms with Gasteiger partial charge in [-0.05, 0) is 23.6 Å². The molecular formula is C22H21F6N3O2. The second-order valence-corrected chi connectivity index (χ2v) is 8.31. The highest BCUT2D eigenvalue weighted by atomic mass is 19.4. The average molecular weight is 473 g/mol. The molecule has 33 heavy (non-hydrogen) atoms. The normalized spacial score (nSPS) is 22.1. The Morgan fingerprint density at radius 1 is 1.12 bits per heavy atom. The molecule has 3 rings (SSSR count). The van der Waals surface area contributed by atoms with Gasteiger partial charge in [0, 0.05) is 41.1 Å². The number of carbonyl (C=O) groups excluding carboxylic acids is 1. The maximum atomic E-state index is 13.1. The van der Waals surface area contributed by atoms with Crippen LogP contribution in [0.4, 0.5) is 26.3 Å². The number of halogens is 6. The summed E-state index contributed by atoms with van der Waals surface area (Å²) >= 11 is 0. The summed E-state index contributed by atoms with van der Waals surface area (Å²) in [6, 6.07) is 3.17. The van der Waals surface area contributed by atoms with Gasteiger partial charge in [-0.3, -0.25) is 4.79 Å². The first-order valence-electron chi connectivity index (χ1n) is 9.77. The first-order valence-corrected chi connectivity index (χ1v) is 9.77. The number of carbonyl (C=O) groups is 1. The van der Waals surface area contributed by atoms with Crippen molar-refractivity contribution in [2.45, 2.75) is 44.3 Å². The van der Waals surface area contributed by atoms with Crippen molar-refractivity contribution in [3.8, 4) is 0 Å². The van der Waals surface area contributed by atoms with E-state index in [0.717, 1.165) is 23.9 Å². The zero-order chi connectivity index (χ0) is 24.8. The fourth-order valence-electron chi connectivity index (χ4n) is 4.22. The van der Waals surface area contributed by atoms with Gasteiger partial charge in [-0.2, -0.15) is 26.3 Å². The van der Waals surface area contributed by atoms with Gasteiger partial charge in [-0.25, -0.2) is 0 Å². The molecule has 11 heteroatoms. The molecule has 1 atom stereocenters. The number of rotatable bonds is 5. The van der Waals surface area contributed by atoms with Crippen molar-refractivity contribution < 1.29 is 36.2 Å². The van der Waals surface area contributed by atoms with E-state index in [2.05, 4.69) is 0 Å². The molecule has 0 bridgehead atoms. The number of nitrogens with one attached hydrogen (secondary N) is 1. The van der Waals surface area contributed by atoms with Crippen LogP contribution in [-0.2, 0) is 16.9 Å². The molecule has 1 aliphatic carbocycles. The highest BCUT2D eigenvalue weighted by Gasteiger charge is 2.71. The van der Waals surface area contributed by atoms with Gasteiger partial charge in [0.1, 0.15) is 0 Å². The van der Waals surface area contributed by atoms with Crippen molar-refractivity contribution in [2.24, 2.45) is 11.1 Å². The van der Waals surface area contributed by atoms with Gasteiger partial charge in [0.05, 0.1) is 6.54 Å². The number of amides is 1. The maximum absolute atomic E-state index is 13.1. The monoisotopic (exact) mass is 473 g/mol. The third-order valence-corrected chi connectivity index (χ3v) is 6.01. The van der Waals surface area contributed by atoms with E-state index in [1.165, 1.54) is 11.1 Å². The first-order chi connectivity index (χ1) is 15.2. The lowest BCUT2D eigenvalue weighted by Gasteiger charge is -2.33. The number of hydrogen-bond donors (Lipinski definition) is 3. The van der Waals surface area contributed by atoms with E-state index in [-0.39, 0.29) is 18.9 Å². The first kappa shape index (κ1) is 24.6. The van der Waals surface area contributed by atoms with Crippen LogP contribution in [0.2, 0.25) is 0 Å². The molecule has 4 N–H and O–H groups in total. The van der Waals surface area contributed by atoms with E-state index in [9.17, 15) is 36.2 Å². The van der Waals surface area contributed by atoms with Crippen LogP contribution in [0.5, 0.6) is 0 Å². The Morgan fingerprint density at radius 2 is 1.70 bits per heavy atom. The van der Waals surface area contributed by atoms with E-state index in [4.69, 9.17) is 11.1 Å². The largest absolute Gasteiger partial charge is 0.430 e. The number of alkyl halides is 6. The number of fused-ring (bicyclic) bond motifs is 1. The van der Waals surface area contributed by atoms with Gasteiger partial charge in [0.2, 0.25) is 5.91 Å². The maximum Gasteiger partial charge on any atom is 0.430 e. The fourth-order valence-corrected chi connectivity index (χ4v) is 4.22. The lowest BCUT2D eigenvalue weighted by Crippen LogP contribution is -2.53. The van der Waals surface area contributed by atoms with Crippen LogP contribution in [0.15, 0.2) is 59.5 Å². The van der Waals surface area contributed by atoms with Crippen LogP contribution < -0.4 is 5.73 Å². The lowest BCUT2D eigenvalue weighted by atomic mass is 9.75. The Morgan fingerprint density at radius 3 is 2.18 bits per heavy atom. The minimum absolute atomic E-state index is 0.0651. The minimum Gasteiger partial charge on any atom is -0.404 e. The third kappa shape index (κ3) is 4.05. The smallest absolute Gasteiger partial charge is 0.404 e. The summed E-state index contributed by atoms with van der Waals surface area (Å²) in [4.78, 5) is 14.1. The number of allylic oxidation sites excluding steroid dienone is 5. The molecule has 0 spiro atoms. The molecular weight excluding hydrogens is 452 g/mol. The van der Waals surface area contributed by atoms with E-state index < -0.39 is 28.9 Å². The molecule has 0 radical (unpaired) electrons. The topological polar surface area (TPSA) is 90.4 Å². The number of nitrogens with two attached hydrogens (primary N) is 1.